The Labute approximate surface area is 61.6 Å². The van der Waals surface area contributed by atoms with Crippen molar-refractivity contribution in [3.8, 4) is 0 Å². The van der Waals surface area contributed by atoms with Crippen LogP contribution < -0.4 is 5.84 Å². The minimum absolute atomic E-state index is 0.151. The van der Waals surface area contributed by atoms with E-state index in [0.29, 0.717) is 6.54 Å². The lowest BCUT2D eigenvalue weighted by Crippen LogP contribution is -2.44. The van der Waals surface area contributed by atoms with Crippen molar-refractivity contribution >= 4 is 6.03 Å². The van der Waals surface area contributed by atoms with Crippen molar-refractivity contribution in [1.29, 1.82) is 0 Å². The lowest BCUT2D eigenvalue weighted by atomic mass is 10.5. The number of amides is 2. The fourth-order valence-electron chi connectivity index (χ4n) is 0.593. The van der Waals surface area contributed by atoms with Gasteiger partial charge in [-0.1, -0.05) is 6.92 Å². The van der Waals surface area contributed by atoms with E-state index < -0.39 is 0 Å². The van der Waals surface area contributed by atoms with Gasteiger partial charge in [-0.3, -0.25) is 5.01 Å². The predicted molar refractivity (Wildman–Crippen MR) is 40.3 cm³/mol. The van der Waals surface area contributed by atoms with Gasteiger partial charge in [0.05, 0.1) is 0 Å². The van der Waals surface area contributed by atoms with Crippen molar-refractivity contribution in [2.75, 3.05) is 20.6 Å². The van der Waals surface area contributed by atoms with E-state index in [1.807, 2.05) is 6.92 Å². The average molecular weight is 145 g/mol. The fourth-order valence-corrected chi connectivity index (χ4v) is 0.593. The summed E-state index contributed by atoms with van der Waals surface area (Å²) in [5, 5.41) is 1.21. The highest BCUT2D eigenvalue weighted by atomic mass is 16.2. The van der Waals surface area contributed by atoms with Gasteiger partial charge in [0.2, 0.25) is 0 Å². The number of carbonyl (C=O) groups is 1. The summed E-state index contributed by atoms with van der Waals surface area (Å²) < 4.78 is 0. The summed E-state index contributed by atoms with van der Waals surface area (Å²) in [5.41, 5.74) is 0. The van der Waals surface area contributed by atoms with Gasteiger partial charge in [-0.2, -0.15) is 0 Å². The second-order valence-corrected chi connectivity index (χ2v) is 2.37. The highest BCUT2D eigenvalue weighted by Crippen LogP contribution is 1.88. The van der Waals surface area contributed by atoms with E-state index in [-0.39, 0.29) is 6.03 Å². The van der Waals surface area contributed by atoms with Crippen LogP contribution in [0.25, 0.3) is 0 Å². The third-order valence-electron chi connectivity index (χ3n) is 1.09. The Morgan fingerprint density at radius 2 is 2.00 bits per heavy atom. The van der Waals surface area contributed by atoms with Gasteiger partial charge in [0, 0.05) is 20.6 Å². The van der Waals surface area contributed by atoms with Crippen LogP contribution in [0.3, 0.4) is 0 Å². The first-order chi connectivity index (χ1) is 4.59. The number of hydrogen-bond acceptors (Lipinski definition) is 2. The van der Waals surface area contributed by atoms with E-state index in [2.05, 4.69) is 0 Å². The molecular weight excluding hydrogens is 130 g/mol. The largest absolute Gasteiger partial charge is 0.333 e. The SMILES string of the molecule is CCCN(N)C(=O)N(C)C. The monoisotopic (exact) mass is 145 g/mol. The van der Waals surface area contributed by atoms with Crippen molar-refractivity contribution < 1.29 is 4.79 Å². The molecule has 0 aromatic heterocycles. The summed E-state index contributed by atoms with van der Waals surface area (Å²) in [6, 6.07) is -0.151. The Morgan fingerprint density at radius 1 is 1.50 bits per heavy atom. The number of hydrazine groups is 1. The molecule has 60 valence electrons. The topological polar surface area (TPSA) is 49.6 Å². The molecule has 0 atom stereocenters. The van der Waals surface area contributed by atoms with Crippen LogP contribution >= 0.6 is 0 Å². The molecule has 0 saturated carbocycles. The van der Waals surface area contributed by atoms with Gasteiger partial charge in [0.1, 0.15) is 0 Å². The van der Waals surface area contributed by atoms with Gasteiger partial charge in [-0.05, 0) is 6.42 Å². The highest BCUT2D eigenvalue weighted by molar-refractivity contribution is 5.72. The Balaban J connectivity index is 3.71. The van der Waals surface area contributed by atoms with Crippen LogP contribution in [0.5, 0.6) is 0 Å². The van der Waals surface area contributed by atoms with Crippen LogP contribution in [-0.2, 0) is 0 Å². The third-order valence-corrected chi connectivity index (χ3v) is 1.09. The lowest BCUT2D eigenvalue weighted by Gasteiger charge is -2.19. The maximum absolute atomic E-state index is 11.0. The predicted octanol–water partition coefficient (Wildman–Crippen LogP) is 0.254. The summed E-state index contributed by atoms with van der Waals surface area (Å²) in [5.74, 6) is 5.37. The molecule has 0 radical (unpaired) electrons. The van der Waals surface area contributed by atoms with Gasteiger partial charge in [0.15, 0.2) is 0 Å². The first kappa shape index (κ1) is 9.23. The number of carbonyl (C=O) groups excluding carboxylic acids is 1. The van der Waals surface area contributed by atoms with Gasteiger partial charge >= 0.3 is 6.03 Å². The Kier molecular flexibility index (Phi) is 3.79. The van der Waals surface area contributed by atoms with Gasteiger partial charge in [-0.25, -0.2) is 10.6 Å². The maximum atomic E-state index is 11.0. The number of urea groups is 1. The Hall–Kier alpha value is -0.770. The number of hydrogen-bond donors (Lipinski definition) is 1. The van der Waals surface area contributed by atoms with Gasteiger partial charge in [-0.15, -0.1) is 0 Å². The van der Waals surface area contributed by atoms with Crippen molar-refractivity contribution in [2.45, 2.75) is 13.3 Å². The molecule has 4 heteroatoms. The molecule has 2 amide bonds. The van der Waals surface area contributed by atoms with E-state index in [9.17, 15) is 4.79 Å². The molecule has 0 saturated heterocycles. The minimum atomic E-state index is -0.151. The van der Waals surface area contributed by atoms with Crippen molar-refractivity contribution in [3.05, 3.63) is 0 Å². The van der Waals surface area contributed by atoms with Crippen LogP contribution in [0.15, 0.2) is 0 Å². The lowest BCUT2D eigenvalue weighted by molar-refractivity contribution is 0.172. The maximum Gasteiger partial charge on any atom is 0.333 e. The molecule has 0 aromatic carbocycles. The zero-order valence-corrected chi connectivity index (χ0v) is 6.79. The number of nitrogens with zero attached hydrogens (tertiary/aromatic N) is 2. The summed E-state index contributed by atoms with van der Waals surface area (Å²) in [6.45, 7) is 2.58. The first-order valence-electron chi connectivity index (χ1n) is 3.33. The second-order valence-electron chi connectivity index (χ2n) is 2.37. The molecular formula is C6H15N3O. The van der Waals surface area contributed by atoms with E-state index in [1.165, 1.54) is 9.91 Å². The zero-order valence-electron chi connectivity index (χ0n) is 6.79. The molecule has 0 rings (SSSR count). The second kappa shape index (κ2) is 4.11. The molecule has 0 bridgehead atoms. The molecule has 0 aliphatic rings. The summed E-state index contributed by atoms with van der Waals surface area (Å²) >= 11 is 0. The van der Waals surface area contributed by atoms with E-state index in [1.54, 1.807) is 14.1 Å². The molecule has 10 heavy (non-hydrogen) atoms. The zero-order chi connectivity index (χ0) is 8.15. The summed E-state index contributed by atoms with van der Waals surface area (Å²) in [4.78, 5) is 12.4. The molecule has 0 aliphatic carbocycles. The normalized spacial score (nSPS) is 9.20. The van der Waals surface area contributed by atoms with Crippen molar-refractivity contribution in [1.82, 2.24) is 9.91 Å². The van der Waals surface area contributed by atoms with E-state index in [4.69, 9.17) is 5.84 Å². The van der Waals surface area contributed by atoms with Crippen LogP contribution in [0.1, 0.15) is 13.3 Å². The molecule has 0 spiro atoms. The van der Waals surface area contributed by atoms with Crippen LogP contribution in [0.4, 0.5) is 4.79 Å². The minimum Gasteiger partial charge on any atom is -0.330 e. The quantitative estimate of drug-likeness (QED) is 0.344. The van der Waals surface area contributed by atoms with Crippen LogP contribution in [0, 0.1) is 0 Å². The summed E-state index contributed by atoms with van der Waals surface area (Å²) in [6.07, 6.45) is 0.885. The van der Waals surface area contributed by atoms with E-state index >= 15 is 0 Å². The number of nitrogens with two attached hydrogens (primary N) is 1. The molecule has 0 unspecified atom stereocenters. The molecule has 0 heterocycles. The smallest absolute Gasteiger partial charge is 0.330 e. The molecule has 4 nitrogen and oxygen atoms in total. The molecule has 0 aliphatic heterocycles. The first-order valence-corrected chi connectivity index (χ1v) is 3.33. The van der Waals surface area contributed by atoms with E-state index in [0.717, 1.165) is 6.42 Å². The highest BCUT2D eigenvalue weighted by Gasteiger charge is 2.08. The molecule has 0 fully saturated rings. The van der Waals surface area contributed by atoms with Crippen molar-refractivity contribution in [2.24, 2.45) is 5.84 Å². The average Bonchev–Trinajstić information content (AvgIpc) is 1.87. The molecule has 2 N–H and O–H groups in total. The van der Waals surface area contributed by atoms with Gasteiger partial charge < -0.3 is 4.90 Å². The third kappa shape index (κ3) is 2.68. The fraction of sp³-hybridized carbons (Fsp3) is 0.833. The van der Waals surface area contributed by atoms with Crippen molar-refractivity contribution in [3.63, 3.8) is 0 Å². The standard InChI is InChI=1S/C6H15N3O/c1-4-5-9(7)6(10)8(2)3/h4-5,7H2,1-3H3. The Morgan fingerprint density at radius 3 is 2.30 bits per heavy atom. The number of rotatable bonds is 2. The van der Waals surface area contributed by atoms with Crippen LogP contribution in [-0.4, -0.2) is 36.6 Å². The molecule has 0 aromatic rings. The van der Waals surface area contributed by atoms with Gasteiger partial charge in [0.25, 0.3) is 0 Å². The summed E-state index contributed by atoms with van der Waals surface area (Å²) in [7, 11) is 3.36. The Bertz CT molecular complexity index is 114. The van der Waals surface area contributed by atoms with Crippen LogP contribution in [0.2, 0.25) is 0 Å².